The summed E-state index contributed by atoms with van der Waals surface area (Å²) in [6, 6.07) is -0.596. The van der Waals surface area contributed by atoms with Gasteiger partial charge in [0.15, 0.2) is 10.9 Å². The molecule has 1 saturated heterocycles. The molecule has 0 radical (unpaired) electrons. The number of aromatic nitrogens is 2. The Morgan fingerprint density at radius 3 is 3.00 bits per heavy atom. The first-order valence-corrected chi connectivity index (χ1v) is 7.45. The molecule has 3 N–H and O–H groups in total. The van der Waals surface area contributed by atoms with Crippen molar-refractivity contribution in [3.63, 3.8) is 0 Å². The van der Waals surface area contributed by atoms with Crippen molar-refractivity contribution >= 4 is 15.9 Å². The van der Waals surface area contributed by atoms with Crippen molar-refractivity contribution in [1.29, 1.82) is 0 Å². The predicted molar refractivity (Wildman–Crippen MR) is 68.2 cm³/mol. The Morgan fingerprint density at radius 1 is 1.68 bits per heavy atom. The number of oxime groups is 1. The van der Waals surface area contributed by atoms with Crippen molar-refractivity contribution in [2.75, 3.05) is 6.54 Å². The minimum Gasteiger partial charge on any atom is -0.409 e. The third-order valence-corrected chi connectivity index (χ3v) is 5.00. The minimum absolute atomic E-state index is 0.00742. The summed E-state index contributed by atoms with van der Waals surface area (Å²) < 4.78 is 27.8. The third-order valence-electron chi connectivity index (χ3n) is 3.21. The Labute approximate surface area is 111 Å². The van der Waals surface area contributed by atoms with E-state index in [-0.39, 0.29) is 10.9 Å². The molecule has 0 spiro atoms. The minimum atomic E-state index is -3.70. The highest BCUT2D eigenvalue weighted by Crippen LogP contribution is 2.25. The Kier molecular flexibility index (Phi) is 3.76. The molecule has 0 bridgehead atoms. The normalized spacial score (nSPS) is 21.9. The maximum Gasteiger partial charge on any atom is 0.262 e. The van der Waals surface area contributed by atoms with Crippen LogP contribution in [0, 0.1) is 0 Å². The average Bonchev–Trinajstić information content (AvgIpc) is 3.06. The fourth-order valence-corrected chi connectivity index (χ4v) is 3.76. The number of imidazole rings is 1. The number of hydrogen-bond donors (Lipinski definition) is 2. The Balaban J connectivity index is 2.33. The van der Waals surface area contributed by atoms with Crippen LogP contribution in [0.5, 0.6) is 0 Å². The lowest BCUT2D eigenvalue weighted by Gasteiger charge is -2.21. The Morgan fingerprint density at radius 2 is 2.42 bits per heavy atom. The van der Waals surface area contributed by atoms with Crippen LogP contribution < -0.4 is 5.73 Å². The molecule has 19 heavy (non-hydrogen) atoms. The molecule has 2 heterocycles. The van der Waals surface area contributed by atoms with Crippen LogP contribution in [-0.4, -0.2) is 45.9 Å². The summed E-state index contributed by atoms with van der Waals surface area (Å²) in [6.07, 6.45) is 4.18. The molecule has 0 aliphatic carbocycles. The molecule has 0 aromatic carbocycles. The smallest absolute Gasteiger partial charge is 0.262 e. The van der Waals surface area contributed by atoms with E-state index >= 15 is 0 Å². The summed E-state index contributed by atoms with van der Waals surface area (Å²) in [5.41, 5.74) is 5.54. The monoisotopic (exact) mass is 287 g/mol. The van der Waals surface area contributed by atoms with Gasteiger partial charge in [-0.25, -0.2) is 13.4 Å². The molecule has 0 amide bonds. The zero-order valence-corrected chi connectivity index (χ0v) is 11.4. The van der Waals surface area contributed by atoms with Crippen LogP contribution >= 0.6 is 0 Å². The molecule has 0 saturated carbocycles. The SMILES string of the molecule is CCn1cnc(S(=O)(=O)N2CCCC2C(N)=NO)c1. The standard InChI is InChI=1S/C10H17N5O3S/c1-2-14-6-9(12-7-14)19(17,18)15-5-3-4-8(15)10(11)13-16/h6-8,16H,2-5H2,1H3,(H2,11,13). The number of nitrogens with two attached hydrogens (primary N) is 1. The number of nitrogens with zero attached hydrogens (tertiary/aromatic N) is 4. The summed E-state index contributed by atoms with van der Waals surface area (Å²) in [5.74, 6) is -0.0870. The Bertz CT molecular complexity index is 580. The van der Waals surface area contributed by atoms with Crippen molar-refractivity contribution in [2.24, 2.45) is 10.9 Å². The summed E-state index contributed by atoms with van der Waals surface area (Å²) in [7, 11) is -3.70. The summed E-state index contributed by atoms with van der Waals surface area (Å²) in [4.78, 5) is 3.91. The van der Waals surface area contributed by atoms with Crippen molar-refractivity contribution in [3.8, 4) is 0 Å². The van der Waals surface area contributed by atoms with Crippen LogP contribution in [-0.2, 0) is 16.6 Å². The first-order valence-electron chi connectivity index (χ1n) is 6.01. The first kappa shape index (κ1) is 13.8. The predicted octanol–water partition coefficient (Wildman–Crippen LogP) is -0.197. The number of sulfonamides is 1. The van der Waals surface area contributed by atoms with E-state index in [2.05, 4.69) is 10.1 Å². The lowest BCUT2D eigenvalue weighted by atomic mass is 10.2. The molecule has 1 aliphatic rings. The van der Waals surface area contributed by atoms with Crippen LogP contribution in [0.2, 0.25) is 0 Å². The van der Waals surface area contributed by atoms with E-state index in [0.29, 0.717) is 25.9 Å². The first-order chi connectivity index (χ1) is 9.00. The van der Waals surface area contributed by atoms with Gasteiger partial charge >= 0.3 is 0 Å². The van der Waals surface area contributed by atoms with Gasteiger partial charge < -0.3 is 15.5 Å². The highest BCUT2D eigenvalue weighted by Gasteiger charge is 2.38. The topological polar surface area (TPSA) is 114 Å². The van der Waals surface area contributed by atoms with Crippen LogP contribution in [0.1, 0.15) is 19.8 Å². The van der Waals surface area contributed by atoms with Crippen molar-refractivity contribution < 1.29 is 13.6 Å². The molecule has 1 fully saturated rings. The molecular formula is C10H17N5O3S. The van der Waals surface area contributed by atoms with Crippen molar-refractivity contribution in [1.82, 2.24) is 13.9 Å². The zero-order chi connectivity index (χ0) is 14.0. The van der Waals surface area contributed by atoms with Gasteiger partial charge in [-0.1, -0.05) is 5.16 Å². The fraction of sp³-hybridized carbons (Fsp3) is 0.600. The molecule has 106 valence electrons. The highest BCUT2D eigenvalue weighted by molar-refractivity contribution is 7.89. The summed E-state index contributed by atoms with van der Waals surface area (Å²) in [5, 5.41) is 11.6. The quantitative estimate of drug-likeness (QED) is 0.344. The van der Waals surface area contributed by atoms with E-state index in [1.54, 1.807) is 4.57 Å². The lowest BCUT2D eigenvalue weighted by molar-refractivity contribution is 0.311. The number of hydrogen-bond acceptors (Lipinski definition) is 5. The molecule has 1 aromatic rings. The molecule has 9 heteroatoms. The van der Waals surface area contributed by atoms with Gasteiger partial charge in [-0.3, -0.25) is 0 Å². The molecule has 1 atom stereocenters. The fourth-order valence-electron chi connectivity index (χ4n) is 2.16. The van der Waals surface area contributed by atoms with E-state index in [9.17, 15) is 8.42 Å². The molecular weight excluding hydrogens is 270 g/mol. The maximum atomic E-state index is 12.5. The second-order valence-corrected chi connectivity index (χ2v) is 6.18. The van der Waals surface area contributed by atoms with Crippen LogP contribution in [0.15, 0.2) is 22.7 Å². The lowest BCUT2D eigenvalue weighted by Crippen LogP contribution is -2.43. The van der Waals surface area contributed by atoms with E-state index in [1.165, 1.54) is 16.8 Å². The number of amidine groups is 1. The van der Waals surface area contributed by atoms with Gasteiger partial charge in [0.05, 0.1) is 12.4 Å². The molecule has 1 aromatic heterocycles. The van der Waals surface area contributed by atoms with Gasteiger partial charge in [-0.2, -0.15) is 4.31 Å². The zero-order valence-electron chi connectivity index (χ0n) is 10.6. The highest BCUT2D eigenvalue weighted by atomic mass is 32.2. The molecule has 1 unspecified atom stereocenters. The third kappa shape index (κ3) is 2.43. The number of aryl methyl sites for hydroxylation is 1. The van der Waals surface area contributed by atoms with Gasteiger partial charge in [0.1, 0.15) is 0 Å². The van der Waals surface area contributed by atoms with E-state index in [4.69, 9.17) is 10.9 Å². The maximum absolute atomic E-state index is 12.5. The number of rotatable bonds is 4. The van der Waals surface area contributed by atoms with Gasteiger partial charge in [0.25, 0.3) is 10.0 Å². The van der Waals surface area contributed by atoms with Gasteiger partial charge in [-0.05, 0) is 19.8 Å². The van der Waals surface area contributed by atoms with Gasteiger partial charge in [-0.15, -0.1) is 0 Å². The molecule has 1 aliphatic heterocycles. The van der Waals surface area contributed by atoms with E-state index < -0.39 is 16.1 Å². The second-order valence-electron chi connectivity index (χ2n) is 4.34. The van der Waals surface area contributed by atoms with Gasteiger partial charge in [0.2, 0.25) is 0 Å². The average molecular weight is 287 g/mol. The molecule has 2 rings (SSSR count). The van der Waals surface area contributed by atoms with E-state index in [0.717, 1.165) is 0 Å². The van der Waals surface area contributed by atoms with Crippen molar-refractivity contribution in [3.05, 3.63) is 12.5 Å². The summed E-state index contributed by atoms with van der Waals surface area (Å²) in [6.45, 7) is 2.89. The Hall–Kier alpha value is -1.61. The van der Waals surface area contributed by atoms with Gasteiger partial charge in [0, 0.05) is 19.3 Å². The van der Waals surface area contributed by atoms with Crippen LogP contribution in [0.4, 0.5) is 0 Å². The van der Waals surface area contributed by atoms with Crippen LogP contribution in [0.3, 0.4) is 0 Å². The van der Waals surface area contributed by atoms with Crippen LogP contribution in [0.25, 0.3) is 0 Å². The molecule has 8 nitrogen and oxygen atoms in total. The second kappa shape index (κ2) is 5.17. The van der Waals surface area contributed by atoms with Crippen molar-refractivity contribution in [2.45, 2.75) is 37.4 Å². The van der Waals surface area contributed by atoms with E-state index in [1.807, 2.05) is 6.92 Å². The largest absolute Gasteiger partial charge is 0.409 e. The summed E-state index contributed by atoms with van der Waals surface area (Å²) >= 11 is 0.